The highest BCUT2D eigenvalue weighted by atomic mass is 16.5. The van der Waals surface area contributed by atoms with Gasteiger partial charge >= 0.3 is 0 Å². The zero-order chi connectivity index (χ0) is 29.5. The van der Waals surface area contributed by atoms with Crippen LogP contribution in [-0.2, 0) is 27.5 Å². The number of likely N-dealkylation sites (tertiary alicyclic amines) is 1. The molecular weight excluding hydrogens is 534 g/mol. The molecule has 5 rings (SSSR count). The third kappa shape index (κ3) is 7.54. The number of carbonyl (C=O) groups is 3. The molecule has 1 saturated heterocycles. The van der Waals surface area contributed by atoms with E-state index in [4.69, 9.17) is 14.2 Å². The lowest BCUT2D eigenvalue weighted by Gasteiger charge is -2.23. The lowest BCUT2D eigenvalue weighted by Crippen LogP contribution is -2.47. The average molecular weight is 572 g/mol. The monoisotopic (exact) mass is 571 g/mol. The van der Waals surface area contributed by atoms with Crippen molar-refractivity contribution >= 4 is 17.6 Å². The van der Waals surface area contributed by atoms with Crippen molar-refractivity contribution in [2.75, 3.05) is 33.8 Å². The third-order valence-electron chi connectivity index (χ3n) is 7.54. The summed E-state index contributed by atoms with van der Waals surface area (Å²) in [5.74, 6) is 1.70. The van der Waals surface area contributed by atoms with Crippen molar-refractivity contribution in [2.24, 2.45) is 0 Å². The number of nitrogens with zero attached hydrogens (tertiary/aromatic N) is 2. The average Bonchev–Trinajstić information content (AvgIpc) is 3.38. The van der Waals surface area contributed by atoms with E-state index in [0.717, 1.165) is 11.1 Å². The molecule has 4 bridgehead atoms. The van der Waals surface area contributed by atoms with E-state index >= 15 is 0 Å². The smallest absolute Gasteiger partial charge is 0.234 e. The maximum Gasteiger partial charge on any atom is 0.234 e. The summed E-state index contributed by atoms with van der Waals surface area (Å²) >= 11 is 0. The Hall–Kier alpha value is -4.21. The first kappa shape index (κ1) is 29.3. The highest BCUT2D eigenvalue weighted by molar-refractivity contribution is 5.96. The molecule has 0 spiro atoms. The van der Waals surface area contributed by atoms with E-state index in [0.29, 0.717) is 61.9 Å². The van der Waals surface area contributed by atoms with Gasteiger partial charge in [0, 0.05) is 38.0 Å². The first-order valence-electron chi connectivity index (χ1n) is 14.3. The first-order chi connectivity index (χ1) is 20.4. The number of amides is 2. The Morgan fingerprint density at radius 1 is 0.952 bits per heavy atom. The van der Waals surface area contributed by atoms with E-state index in [9.17, 15) is 14.4 Å². The van der Waals surface area contributed by atoms with Crippen molar-refractivity contribution in [3.05, 3.63) is 89.5 Å². The van der Waals surface area contributed by atoms with Crippen LogP contribution >= 0.6 is 0 Å². The summed E-state index contributed by atoms with van der Waals surface area (Å²) in [5, 5.41) is 3.11. The molecule has 0 aromatic heterocycles. The van der Waals surface area contributed by atoms with Gasteiger partial charge < -0.3 is 24.4 Å². The summed E-state index contributed by atoms with van der Waals surface area (Å²) < 4.78 is 18.0. The second-order valence-electron chi connectivity index (χ2n) is 10.9. The van der Waals surface area contributed by atoms with Gasteiger partial charge in [0.05, 0.1) is 32.4 Å². The molecule has 2 atom stereocenters. The molecule has 2 heterocycles. The minimum absolute atomic E-state index is 0.0281. The van der Waals surface area contributed by atoms with Crippen LogP contribution in [0.3, 0.4) is 0 Å². The number of rotatable bonds is 6. The molecule has 0 radical (unpaired) electrons. The summed E-state index contributed by atoms with van der Waals surface area (Å²) in [7, 11) is 3.48. The predicted octanol–water partition coefficient (Wildman–Crippen LogP) is 4.20. The van der Waals surface area contributed by atoms with E-state index in [-0.39, 0.29) is 42.7 Å². The Morgan fingerprint density at radius 3 is 2.60 bits per heavy atom. The van der Waals surface area contributed by atoms with Gasteiger partial charge in [-0.15, -0.1) is 0 Å². The van der Waals surface area contributed by atoms with Gasteiger partial charge in [-0.3, -0.25) is 19.3 Å². The van der Waals surface area contributed by atoms with Gasteiger partial charge in [-0.05, 0) is 48.9 Å². The molecule has 3 aromatic rings. The van der Waals surface area contributed by atoms with E-state index in [1.807, 2.05) is 72.6 Å². The number of hydrogen-bond acceptors (Lipinski definition) is 7. The van der Waals surface area contributed by atoms with Gasteiger partial charge in [0.2, 0.25) is 11.8 Å². The van der Waals surface area contributed by atoms with E-state index in [2.05, 4.69) is 5.32 Å². The number of benzene rings is 3. The SMILES string of the molecule is COc1ccc2cc1Oc1cccc(c1)CO[C@H]1CN(C(=O)CCCC(=O)c3ccccc3)C[C@@H]1NC(=O)CN(C)C2. The minimum Gasteiger partial charge on any atom is -0.493 e. The minimum atomic E-state index is -0.375. The van der Waals surface area contributed by atoms with Crippen LogP contribution in [0.1, 0.15) is 40.7 Å². The fourth-order valence-electron chi connectivity index (χ4n) is 5.41. The fourth-order valence-corrected chi connectivity index (χ4v) is 5.41. The lowest BCUT2D eigenvalue weighted by molar-refractivity contribution is -0.131. The number of nitrogens with one attached hydrogen (secondary N) is 1. The number of ketones is 1. The van der Waals surface area contributed by atoms with Crippen LogP contribution in [0.2, 0.25) is 0 Å². The Kier molecular flexibility index (Phi) is 9.51. The quantitative estimate of drug-likeness (QED) is 0.443. The molecule has 9 heteroatoms. The zero-order valence-corrected chi connectivity index (χ0v) is 24.1. The molecule has 1 N–H and O–H groups in total. The van der Waals surface area contributed by atoms with Crippen LogP contribution in [0.25, 0.3) is 0 Å². The Bertz CT molecular complexity index is 1410. The molecule has 1 fully saturated rings. The van der Waals surface area contributed by atoms with E-state index in [1.165, 1.54) is 0 Å². The lowest BCUT2D eigenvalue weighted by atomic mass is 10.1. The normalized spacial score (nSPS) is 19.4. The van der Waals surface area contributed by atoms with Crippen LogP contribution in [0.5, 0.6) is 17.2 Å². The summed E-state index contributed by atoms with van der Waals surface area (Å²) in [4.78, 5) is 42.3. The molecule has 2 amide bonds. The Morgan fingerprint density at radius 2 is 1.79 bits per heavy atom. The number of likely N-dealkylation sites (N-methyl/N-ethyl adjacent to an activating group) is 1. The van der Waals surface area contributed by atoms with Crippen molar-refractivity contribution in [3.63, 3.8) is 0 Å². The molecule has 42 heavy (non-hydrogen) atoms. The summed E-state index contributed by atoms with van der Waals surface area (Å²) in [5.41, 5.74) is 2.54. The summed E-state index contributed by atoms with van der Waals surface area (Å²) in [6, 6.07) is 22.2. The molecule has 2 aliphatic rings. The van der Waals surface area contributed by atoms with Crippen molar-refractivity contribution in [3.8, 4) is 17.2 Å². The van der Waals surface area contributed by atoms with Crippen LogP contribution in [-0.4, -0.2) is 73.3 Å². The van der Waals surface area contributed by atoms with Crippen molar-refractivity contribution in [1.82, 2.24) is 15.1 Å². The molecular formula is C33H37N3O6. The summed E-state index contributed by atoms with van der Waals surface area (Å²) in [6.07, 6.45) is 0.660. The van der Waals surface area contributed by atoms with Gasteiger partial charge in [-0.25, -0.2) is 0 Å². The van der Waals surface area contributed by atoms with Crippen LogP contribution in [0, 0.1) is 0 Å². The van der Waals surface area contributed by atoms with E-state index in [1.54, 1.807) is 24.1 Å². The van der Waals surface area contributed by atoms with Gasteiger partial charge in [0.15, 0.2) is 17.3 Å². The number of Topliss-reactive ketones (excluding diaryl/α,β-unsaturated/α-hetero) is 1. The standard InChI is InChI=1S/C33H37N3O6/c1-35-18-23-14-15-29(40-2)30(17-23)42-26-11-6-8-24(16-26)22-41-31-20-36(19-27(31)34-32(38)21-35)33(39)13-7-12-28(37)25-9-4-3-5-10-25/h3-6,8-11,14-17,27,31H,7,12-13,18-22H2,1-2H3,(H,34,38)/t27-,31-/m0/s1. The van der Waals surface area contributed by atoms with Crippen molar-refractivity contribution < 1.29 is 28.6 Å². The van der Waals surface area contributed by atoms with Gasteiger partial charge in [-0.1, -0.05) is 48.5 Å². The maximum atomic E-state index is 13.1. The second-order valence-corrected chi connectivity index (χ2v) is 10.9. The summed E-state index contributed by atoms with van der Waals surface area (Å²) in [6.45, 7) is 1.73. The second kappa shape index (κ2) is 13.6. The maximum absolute atomic E-state index is 13.1. The van der Waals surface area contributed by atoms with Crippen LogP contribution in [0.4, 0.5) is 0 Å². The molecule has 0 saturated carbocycles. The van der Waals surface area contributed by atoms with Gasteiger partial charge in [0.25, 0.3) is 0 Å². The molecule has 3 aromatic carbocycles. The molecule has 220 valence electrons. The van der Waals surface area contributed by atoms with Crippen LogP contribution < -0.4 is 14.8 Å². The number of fused-ring (bicyclic) bond motifs is 5. The molecule has 9 nitrogen and oxygen atoms in total. The number of hydrogen-bond donors (Lipinski definition) is 1. The number of ether oxygens (including phenoxy) is 3. The Labute approximate surface area is 246 Å². The zero-order valence-electron chi connectivity index (χ0n) is 24.1. The topological polar surface area (TPSA) is 97.4 Å². The highest BCUT2D eigenvalue weighted by Crippen LogP contribution is 2.33. The first-order valence-corrected chi connectivity index (χ1v) is 14.3. The van der Waals surface area contributed by atoms with Gasteiger partial charge in [0.1, 0.15) is 5.75 Å². The molecule has 0 unspecified atom stereocenters. The third-order valence-corrected chi connectivity index (χ3v) is 7.54. The Balaban J connectivity index is 1.27. The van der Waals surface area contributed by atoms with E-state index < -0.39 is 0 Å². The largest absolute Gasteiger partial charge is 0.493 e. The van der Waals surface area contributed by atoms with Crippen molar-refractivity contribution in [1.29, 1.82) is 0 Å². The molecule has 0 aliphatic carbocycles. The number of carbonyl (C=O) groups excluding carboxylic acids is 3. The van der Waals surface area contributed by atoms with Crippen LogP contribution in [0.15, 0.2) is 72.8 Å². The van der Waals surface area contributed by atoms with Gasteiger partial charge in [-0.2, -0.15) is 0 Å². The van der Waals surface area contributed by atoms with Crippen molar-refractivity contribution in [2.45, 2.75) is 44.6 Å². The fraction of sp³-hybridized carbons (Fsp3) is 0.364. The number of methoxy groups -OCH3 is 1. The predicted molar refractivity (Wildman–Crippen MR) is 158 cm³/mol. The molecule has 2 aliphatic heterocycles. The highest BCUT2D eigenvalue weighted by Gasteiger charge is 2.37.